The van der Waals surface area contributed by atoms with Crippen LogP contribution in [0.25, 0.3) is 5.69 Å². The normalized spacial score (nSPS) is 21.1. The number of rotatable bonds is 5. The summed E-state index contributed by atoms with van der Waals surface area (Å²) >= 11 is 0. The Morgan fingerprint density at radius 3 is 2.68 bits per heavy atom. The molecule has 0 amide bonds. The number of H-pyrrole nitrogens is 1. The summed E-state index contributed by atoms with van der Waals surface area (Å²) in [5.74, 6) is 2.21. The van der Waals surface area contributed by atoms with Crippen LogP contribution in [0, 0.1) is 0 Å². The maximum absolute atomic E-state index is 13.2. The van der Waals surface area contributed by atoms with Gasteiger partial charge < -0.3 is 0 Å². The first-order valence-electron chi connectivity index (χ1n) is 9.64. The lowest BCUT2D eigenvalue weighted by atomic mass is 9.99. The van der Waals surface area contributed by atoms with Gasteiger partial charge in [0.25, 0.3) is 0 Å². The van der Waals surface area contributed by atoms with Gasteiger partial charge in [-0.3, -0.25) is 5.10 Å². The molecule has 1 aliphatic carbocycles. The van der Waals surface area contributed by atoms with Gasteiger partial charge in [0.15, 0.2) is 5.82 Å². The fourth-order valence-electron chi connectivity index (χ4n) is 3.69. The predicted octanol–water partition coefficient (Wildman–Crippen LogP) is 2.44. The monoisotopic (exact) mass is 398 g/mol. The van der Waals surface area contributed by atoms with E-state index in [0.717, 1.165) is 43.0 Å². The molecular formula is C19H22N6O2S. The van der Waals surface area contributed by atoms with E-state index in [2.05, 4.69) is 20.3 Å². The molecule has 2 fully saturated rings. The first-order valence-corrected chi connectivity index (χ1v) is 11.1. The van der Waals surface area contributed by atoms with Crippen LogP contribution in [-0.4, -0.2) is 50.8 Å². The van der Waals surface area contributed by atoms with Crippen LogP contribution in [0.15, 0.2) is 47.6 Å². The number of benzene rings is 1. The summed E-state index contributed by atoms with van der Waals surface area (Å²) in [5, 5.41) is 11.6. The molecule has 3 heterocycles. The molecule has 9 heteroatoms. The number of aromatic nitrogens is 5. The maximum atomic E-state index is 13.2. The number of hydrogen-bond acceptors (Lipinski definition) is 5. The van der Waals surface area contributed by atoms with E-state index in [-0.39, 0.29) is 10.8 Å². The Morgan fingerprint density at radius 2 is 1.89 bits per heavy atom. The van der Waals surface area contributed by atoms with Crippen LogP contribution in [-0.2, 0) is 10.0 Å². The van der Waals surface area contributed by atoms with Gasteiger partial charge in [0.1, 0.15) is 10.7 Å². The minimum atomic E-state index is -3.60. The maximum Gasteiger partial charge on any atom is 0.246 e. The highest BCUT2D eigenvalue weighted by Crippen LogP contribution is 2.38. The van der Waals surface area contributed by atoms with Gasteiger partial charge in [-0.05, 0) is 37.8 Å². The Kier molecular flexibility index (Phi) is 4.28. The third-order valence-electron chi connectivity index (χ3n) is 5.45. The van der Waals surface area contributed by atoms with Crippen molar-refractivity contribution in [1.82, 2.24) is 29.3 Å². The van der Waals surface area contributed by atoms with Gasteiger partial charge in [0.05, 0.1) is 18.1 Å². The van der Waals surface area contributed by atoms with Crippen LogP contribution < -0.4 is 0 Å². The van der Waals surface area contributed by atoms with Crippen molar-refractivity contribution in [2.24, 2.45) is 0 Å². The molecule has 1 N–H and O–H groups in total. The fraction of sp³-hybridized carbons (Fsp3) is 0.421. The molecule has 5 rings (SSSR count). The van der Waals surface area contributed by atoms with E-state index in [4.69, 9.17) is 0 Å². The van der Waals surface area contributed by atoms with Crippen molar-refractivity contribution >= 4 is 10.0 Å². The molecule has 1 saturated heterocycles. The van der Waals surface area contributed by atoms with Crippen LogP contribution in [0.4, 0.5) is 0 Å². The number of piperidine rings is 1. The molecule has 1 aliphatic heterocycles. The highest BCUT2D eigenvalue weighted by molar-refractivity contribution is 7.89. The zero-order chi connectivity index (χ0) is 19.1. The first kappa shape index (κ1) is 17.6. The number of hydrogen-bond donors (Lipinski definition) is 1. The summed E-state index contributed by atoms with van der Waals surface area (Å²) in [6.45, 7) is 0.913. The summed E-state index contributed by atoms with van der Waals surface area (Å²) in [6, 6.07) is 9.48. The molecule has 0 spiro atoms. The Hall–Kier alpha value is -2.52. The number of aromatic amines is 1. The van der Waals surface area contributed by atoms with E-state index in [9.17, 15) is 8.42 Å². The van der Waals surface area contributed by atoms with E-state index in [1.807, 2.05) is 30.3 Å². The third kappa shape index (κ3) is 3.24. The Bertz CT molecular complexity index is 1070. The van der Waals surface area contributed by atoms with Crippen LogP contribution in [0.2, 0.25) is 0 Å². The average Bonchev–Trinajstić information content (AvgIpc) is 3.25. The second-order valence-corrected chi connectivity index (χ2v) is 9.45. The van der Waals surface area contributed by atoms with Crippen LogP contribution in [0.3, 0.4) is 0 Å². The smallest absolute Gasteiger partial charge is 0.246 e. The number of nitrogens with one attached hydrogen (secondary N) is 1. The minimum Gasteiger partial charge on any atom is -0.263 e. The second-order valence-electron chi connectivity index (χ2n) is 7.51. The molecule has 0 radical (unpaired) electrons. The molecule has 3 aromatic rings. The summed E-state index contributed by atoms with van der Waals surface area (Å²) in [4.78, 5) is 4.84. The van der Waals surface area contributed by atoms with E-state index in [1.54, 1.807) is 15.2 Å². The SMILES string of the molecule is O=S(=O)(c1cnn(-c2ccccc2)c1)N1CCC[C@@H](c2n[nH]c(C3CC3)n2)C1. The molecule has 1 atom stereocenters. The van der Waals surface area contributed by atoms with Crippen molar-refractivity contribution in [1.29, 1.82) is 0 Å². The second kappa shape index (κ2) is 6.82. The standard InChI is InChI=1S/C19H22N6O2S/c26-28(27,17-11-20-25(13-17)16-6-2-1-3-7-16)24-10-4-5-15(12-24)19-21-18(22-23-19)14-8-9-14/h1-3,6-7,11,13-15H,4-5,8-10,12H2,(H,21,22,23)/t15-/m1/s1. The van der Waals surface area contributed by atoms with Crippen LogP contribution in [0.1, 0.15) is 49.2 Å². The number of sulfonamides is 1. The molecule has 28 heavy (non-hydrogen) atoms. The van der Waals surface area contributed by atoms with Gasteiger partial charge in [-0.15, -0.1) is 0 Å². The van der Waals surface area contributed by atoms with Crippen LogP contribution >= 0.6 is 0 Å². The van der Waals surface area contributed by atoms with E-state index in [1.165, 1.54) is 6.20 Å². The third-order valence-corrected chi connectivity index (χ3v) is 7.27. The summed E-state index contributed by atoms with van der Waals surface area (Å²) in [7, 11) is -3.60. The molecule has 2 aliphatic rings. The average molecular weight is 398 g/mol. The number of para-hydroxylation sites is 1. The predicted molar refractivity (Wildman–Crippen MR) is 103 cm³/mol. The molecule has 0 unspecified atom stereocenters. The molecule has 146 valence electrons. The summed E-state index contributed by atoms with van der Waals surface area (Å²) in [6.07, 6.45) is 7.01. The lowest BCUT2D eigenvalue weighted by molar-refractivity contribution is 0.309. The quantitative estimate of drug-likeness (QED) is 0.712. The van der Waals surface area contributed by atoms with Crippen molar-refractivity contribution < 1.29 is 8.42 Å². The largest absolute Gasteiger partial charge is 0.263 e. The van der Waals surface area contributed by atoms with Crippen molar-refractivity contribution in [3.63, 3.8) is 0 Å². The van der Waals surface area contributed by atoms with Gasteiger partial charge in [-0.1, -0.05) is 18.2 Å². The van der Waals surface area contributed by atoms with E-state index in [0.29, 0.717) is 19.0 Å². The minimum absolute atomic E-state index is 0.0245. The molecule has 2 aromatic heterocycles. The van der Waals surface area contributed by atoms with Crippen molar-refractivity contribution in [2.75, 3.05) is 13.1 Å². The zero-order valence-electron chi connectivity index (χ0n) is 15.4. The lowest BCUT2D eigenvalue weighted by Crippen LogP contribution is -2.39. The van der Waals surface area contributed by atoms with Crippen LogP contribution in [0.5, 0.6) is 0 Å². The number of nitrogens with zero attached hydrogens (tertiary/aromatic N) is 5. The summed E-state index contributed by atoms with van der Waals surface area (Å²) < 4.78 is 29.4. The van der Waals surface area contributed by atoms with Gasteiger partial charge in [0.2, 0.25) is 10.0 Å². The zero-order valence-corrected chi connectivity index (χ0v) is 16.2. The topological polar surface area (TPSA) is 96.8 Å². The van der Waals surface area contributed by atoms with E-state index < -0.39 is 10.0 Å². The highest BCUT2D eigenvalue weighted by atomic mass is 32.2. The van der Waals surface area contributed by atoms with Gasteiger partial charge >= 0.3 is 0 Å². The van der Waals surface area contributed by atoms with Crippen molar-refractivity contribution in [2.45, 2.75) is 42.4 Å². The highest BCUT2D eigenvalue weighted by Gasteiger charge is 2.34. The van der Waals surface area contributed by atoms with Gasteiger partial charge in [-0.2, -0.15) is 14.5 Å². The molecule has 1 saturated carbocycles. The lowest BCUT2D eigenvalue weighted by Gasteiger charge is -2.30. The molecule has 0 bridgehead atoms. The van der Waals surface area contributed by atoms with E-state index >= 15 is 0 Å². The van der Waals surface area contributed by atoms with Gasteiger partial charge in [-0.25, -0.2) is 18.1 Å². The Morgan fingerprint density at radius 1 is 1.07 bits per heavy atom. The first-order chi connectivity index (χ1) is 13.6. The van der Waals surface area contributed by atoms with Crippen molar-refractivity contribution in [3.05, 3.63) is 54.4 Å². The Labute approximate surface area is 163 Å². The molecule has 8 nitrogen and oxygen atoms in total. The summed E-state index contributed by atoms with van der Waals surface area (Å²) in [5.41, 5.74) is 0.828. The van der Waals surface area contributed by atoms with Crippen molar-refractivity contribution in [3.8, 4) is 5.69 Å². The fourth-order valence-corrected chi connectivity index (χ4v) is 5.15. The molecule has 1 aromatic carbocycles. The van der Waals surface area contributed by atoms with Gasteiger partial charge in [0, 0.05) is 24.9 Å². The Balaban J connectivity index is 1.36. The molecular weight excluding hydrogens is 376 g/mol.